The summed E-state index contributed by atoms with van der Waals surface area (Å²) >= 11 is 0. The monoisotopic (exact) mass is 354 g/mol. The Bertz CT molecular complexity index is 548. The van der Waals surface area contributed by atoms with Gasteiger partial charge < -0.3 is 31.8 Å². The number of aromatic nitrogens is 2. The number of amides is 2. The lowest BCUT2D eigenvalue weighted by Crippen LogP contribution is -2.53. The van der Waals surface area contributed by atoms with Crippen molar-refractivity contribution in [1.29, 1.82) is 0 Å². The number of carboxylic acids is 1. The maximum absolute atomic E-state index is 12.5. The van der Waals surface area contributed by atoms with Crippen molar-refractivity contribution >= 4 is 17.8 Å². The summed E-state index contributed by atoms with van der Waals surface area (Å²) in [5.74, 6) is -2.04. The van der Waals surface area contributed by atoms with Gasteiger partial charge in [-0.05, 0) is 32.9 Å². The molecule has 0 fully saturated rings. The van der Waals surface area contributed by atoms with E-state index in [2.05, 4.69) is 25.9 Å². The first kappa shape index (κ1) is 20.6. The van der Waals surface area contributed by atoms with Gasteiger partial charge in [0.1, 0.15) is 12.1 Å². The third-order valence-corrected chi connectivity index (χ3v) is 3.53. The molecule has 140 valence electrons. The van der Waals surface area contributed by atoms with Crippen molar-refractivity contribution in [2.45, 2.75) is 37.8 Å². The minimum Gasteiger partial charge on any atom is -0.480 e. The maximum atomic E-state index is 12.5. The van der Waals surface area contributed by atoms with E-state index in [0.717, 1.165) is 0 Å². The summed E-state index contributed by atoms with van der Waals surface area (Å²) in [4.78, 5) is 42.4. The Hall–Kier alpha value is -2.46. The lowest BCUT2D eigenvalue weighted by molar-refractivity contribution is -0.142. The van der Waals surface area contributed by atoms with Gasteiger partial charge in [0.15, 0.2) is 0 Å². The SMILES string of the molecule is CNCC(=O)N[C@@H](Cc1cnc[nH]1)C(=O)N[C@@H](CCCCN)C(=O)O. The van der Waals surface area contributed by atoms with Crippen LogP contribution in [-0.4, -0.2) is 65.1 Å². The summed E-state index contributed by atoms with van der Waals surface area (Å²) in [6.07, 6.45) is 4.73. The predicted molar refractivity (Wildman–Crippen MR) is 90.6 cm³/mol. The molecule has 0 bridgehead atoms. The number of carbonyl (C=O) groups is 3. The molecule has 0 saturated carbocycles. The van der Waals surface area contributed by atoms with E-state index in [1.54, 1.807) is 13.2 Å². The molecule has 0 radical (unpaired) electrons. The fraction of sp³-hybridized carbons (Fsp3) is 0.600. The molecular formula is C15H26N6O4. The van der Waals surface area contributed by atoms with Crippen LogP contribution >= 0.6 is 0 Å². The summed E-state index contributed by atoms with van der Waals surface area (Å²) in [6.45, 7) is 0.508. The number of imidazole rings is 1. The number of nitrogens with two attached hydrogens (primary N) is 1. The average Bonchev–Trinajstić information content (AvgIpc) is 3.06. The molecular weight excluding hydrogens is 328 g/mol. The van der Waals surface area contributed by atoms with Gasteiger partial charge >= 0.3 is 5.97 Å². The van der Waals surface area contributed by atoms with Gasteiger partial charge in [0.05, 0.1) is 12.9 Å². The number of likely N-dealkylation sites (N-methyl/N-ethyl adjacent to an activating group) is 1. The third kappa shape index (κ3) is 7.77. The number of aliphatic carboxylic acids is 1. The Kier molecular flexibility index (Phi) is 9.19. The summed E-state index contributed by atoms with van der Waals surface area (Å²) in [7, 11) is 1.61. The van der Waals surface area contributed by atoms with E-state index in [1.807, 2.05) is 0 Å². The van der Waals surface area contributed by atoms with Gasteiger partial charge in [0.2, 0.25) is 11.8 Å². The van der Waals surface area contributed by atoms with Crippen LogP contribution in [0.3, 0.4) is 0 Å². The molecule has 2 amide bonds. The minimum absolute atomic E-state index is 0.0472. The number of H-pyrrole nitrogens is 1. The first-order valence-electron chi connectivity index (χ1n) is 8.12. The van der Waals surface area contributed by atoms with Gasteiger partial charge in [-0.1, -0.05) is 0 Å². The molecule has 0 aliphatic rings. The highest BCUT2D eigenvalue weighted by atomic mass is 16.4. The number of aromatic amines is 1. The number of carbonyl (C=O) groups excluding carboxylic acids is 2. The van der Waals surface area contributed by atoms with Gasteiger partial charge in [-0.3, -0.25) is 9.59 Å². The van der Waals surface area contributed by atoms with Crippen LogP contribution in [0.1, 0.15) is 25.0 Å². The summed E-state index contributed by atoms with van der Waals surface area (Å²) in [5, 5.41) is 17.0. The third-order valence-electron chi connectivity index (χ3n) is 3.53. The summed E-state index contributed by atoms with van der Waals surface area (Å²) < 4.78 is 0. The van der Waals surface area contributed by atoms with E-state index >= 15 is 0 Å². The van der Waals surface area contributed by atoms with Gasteiger partial charge in [-0.2, -0.15) is 0 Å². The summed E-state index contributed by atoms with van der Waals surface area (Å²) in [6, 6.07) is -1.93. The van der Waals surface area contributed by atoms with Crippen molar-refractivity contribution in [3.05, 3.63) is 18.2 Å². The first-order chi connectivity index (χ1) is 12.0. The van der Waals surface area contributed by atoms with Crippen LogP contribution in [0.2, 0.25) is 0 Å². The normalized spacial score (nSPS) is 13.0. The molecule has 0 aromatic carbocycles. The Labute approximate surface area is 146 Å². The molecule has 0 aliphatic carbocycles. The van der Waals surface area contributed by atoms with Crippen molar-refractivity contribution in [3.63, 3.8) is 0 Å². The van der Waals surface area contributed by atoms with Crippen molar-refractivity contribution in [2.75, 3.05) is 20.1 Å². The second-order valence-corrected chi connectivity index (χ2v) is 5.62. The zero-order valence-electron chi connectivity index (χ0n) is 14.2. The maximum Gasteiger partial charge on any atom is 0.326 e. The molecule has 2 atom stereocenters. The molecule has 0 unspecified atom stereocenters. The highest BCUT2D eigenvalue weighted by Gasteiger charge is 2.26. The van der Waals surface area contributed by atoms with Gasteiger partial charge in [0.25, 0.3) is 0 Å². The molecule has 1 rings (SSSR count). The van der Waals surface area contributed by atoms with Crippen LogP contribution in [0, 0.1) is 0 Å². The zero-order chi connectivity index (χ0) is 18.7. The van der Waals surface area contributed by atoms with Crippen molar-refractivity contribution in [2.24, 2.45) is 5.73 Å². The second kappa shape index (κ2) is 11.2. The fourth-order valence-corrected chi connectivity index (χ4v) is 2.25. The Morgan fingerprint density at radius 1 is 1.28 bits per heavy atom. The average molecular weight is 354 g/mol. The molecule has 10 nitrogen and oxygen atoms in total. The minimum atomic E-state index is -1.12. The number of rotatable bonds is 12. The number of unbranched alkanes of at least 4 members (excludes halogenated alkanes) is 1. The smallest absolute Gasteiger partial charge is 0.326 e. The molecule has 1 aromatic heterocycles. The van der Waals surface area contributed by atoms with Crippen LogP contribution < -0.4 is 21.7 Å². The van der Waals surface area contributed by atoms with Crippen molar-refractivity contribution in [3.8, 4) is 0 Å². The molecule has 10 heteroatoms. The highest BCUT2D eigenvalue weighted by molar-refractivity contribution is 5.91. The van der Waals surface area contributed by atoms with Crippen molar-refractivity contribution < 1.29 is 19.5 Å². The van der Waals surface area contributed by atoms with E-state index in [-0.39, 0.29) is 25.3 Å². The highest BCUT2D eigenvalue weighted by Crippen LogP contribution is 2.04. The standard InChI is InChI=1S/C15H26N6O4/c1-17-8-13(22)20-12(6-10-7-18-9-19-10)14(23)21-11(15(24)25)4-2-3-5-16/h7,9,11-12,17H,2-6,8,16H2,1H3,(H,18,19)(H,20,22)(H,21,23)(H,24,25)/t11-,12-/m0/s1. The fourth-order valence-electron chi connectivity index (χ4n) is 2.25. The largest absolute Gasteiger partial charge is 0.480 e. The number of hydrogen-bond donors (Lipinski definition) is 6. The second-order valence-electron chi connectivity index (χ2n) is 5.62. The number of nitrogens with zero attached hydrogens (tertiary/aromatic N) is 1. The van der Waals surface area contributed by atoms with Gasteiger partial charge in [-0.15, -0.1) is 0 Å². The van der Waals surface area contributed by atoms with Crippen LogP contribution in [-0.2, 0) is 20.8 Å². The molecule has 1 heterocycles. The molecule has 0 aliphatic heterocycles. The summed E-state index contributed by atoms with van der Waals surface area (Å²) in [5.41, 5.74) is 6.05. The quantitative estimate of drug-likeness (QED) is 0.245. The zero-order valence-corrected chi connectivity index (χ0v) is 14.2. The van der Waals surface area contributed by atoms with E-state index in [1.165, 1.54) is 6.33 Å². The lowest BCUT2D eigenvalue weighted by Gasteiger charge is -2.21. The van der Waals surface area contributed by atoms with Crippen LogP contribution in [0.25, 0.3) is 0 Å². The topological polar surface area (TPSA) is 162 Å². The first-order valence-corrected chi connectivity index (χ1v) is 8.12. The van der Waals surface area contributed by atoms with Crippen LogP contribution in [0.15, 0.2) is 12.5 Å². The Morgan fingerprint density at radius 3 is 2.60 bits per heavy atom. The number of carboxylic acid groups (broad SMARTS) is 1. The van der Waals surface area contributed by atoms with Crippen LogP contribution in [0.4, 0.5) is 0 Å². The van der Waals surface area contributed by atoms with Crippen LogP contribution in [0.5, 0.6) is 0 Å². The Balaban J connectivity index is 2.74. The van der Waals surface area contributed by atoms with Crippen molar-refractivity contribution in [1.82, 2.24) is 25.9 Å². The van der Waals surface area contributed by atoms with E-state index in [0.29, 0.717) is 25.1 Å². The Morgan fingerprint density at radius 2 is 2.04 bits per heavy atom. The molecule has 0 saturated heterocycles. The van der Waals surface area contributed by atoms with E-state index < -0.39 is 24.0 Å². The lowest BCUT2D eigenvalue weighted by atomic mass is 10.1. The molecule has 1 aromatic rings. The number of nitrogens with one attached hydrogen (secondary N) is 4. The molecule has 0 spiro atoms. The number of hydrogen-bond acceptors (Lipinski definition) is 6. The van der Waals surface area contributed by atoms with Gasteiger partial charge in [0, 0.05) is 18.3 Å². The molecule has 25 heavy (non-hydrogen) atoms. The molecule has 7 N–H and O–H groups in total. The van der Waals surface area contributed by atoms with E-state index in [9.17, 15) is 19.5 Å². The predicted octanol–water partition coefficient (Wildman–Crippen LogP) is -1.65. The van der Waals surface area contributed by atoms with E-state index in [4.69, 9.17) is 5.73 Å². The van der Waals surface area contributed by atoms with Gasteiger partial charge in [-0.25, -0.2) is 9.78 Å².